The van der Waals surface area contributed by atoms with Gasteiger partial charge in [-0.25, -0.2) is 20.2 Å². The van der Waals surface area contributed by atoms with E-state index in [1.807, 2.05) is 13.8 Å². The molecule has 2 heterocycles. The van der Waals surface area contributed by atoms with E-state index in [0.29, 0.717) is 5.82 Å². The van der Waals surface area contributed by atoms with Crippen molar-refractivity contribution in [3.63, 3.8) is 0 Å². The Morgan fingerprint density at radius 2 is 1.68 bits per heavy atom. The second-order valence-corrected chi connectivity index (χ2v) is 5.05. The first-order valence-corrected chi connectivity index (χ1v) is 7.34. The van der Waals surface area contributed by atoms with E-state index in [1.54, 1.807) is 0 Å². The second kappa shape index (κ2) is 8.06. The number of aromatic nitrogens is 3. The van der Waals surface area contributed by atoms with Gasteiger partial charge in [0, 0.05) is 11.8 Å². The Morgan fingerprint density at radius 1 is 1.04 bits per heavy atom. The van der Waals surface area contributed by atoms with Crippen molar-refractivity contribution in [2.75, 3.05) is 5.43 Å². The predicted octanol–water partition coefficient (Wildman–Crippen LogP) is 3.71. The first kappa shape index (κ1) is 20.6. The summed E-state index contributed by atoms with van der Waals surface area (Å²) >= 11 is 0. The van der Waals surface area contributed by atoms with Crippen molar-refractivity contribution < 1.29 is 22.3 Å². The summed E-state index contributed by atoms with van der Waals surface area (Å²) < 4.78 is 56.9. The SMILES string of the molecule is CC.CC(C)(Oc1ncc(-c2cnc(NN)cn2)cc1F)C(F)(F)F. The second-order valence-electron chi connectivity index (χ2n) is 5.05. The molecule has 0 atom stereocenters. The van der Waals surface area contributed by atoms with Gasteiger partial charge in [0.2, 0.25) is 0 Å². The summed E-state index contributed by atoms with van der Waals surface area (Å²) in [6.07, 6.45) is -0.906. The number of pyridine rings is 1. The first-order valence-electron chi connectivity index (χ1n) is 7.34. The molecule has 10 heteroatoms. The van der Waals surface area contributed by atoms with Crippen molar-refractivity contribution in [2.24, 2.45) is 5.84 Å². The monoisotopic (exact) mass is 361 g/mol. The van der Waals surface area contributed by atoms with E-state index in [0.717, 1.165) is 26.1 Å². The molecule has 0 aliphatic heterocycles. The molecule has 2 rings (SSSR count). The number of halogens is 4. The van der Waals surface area contributed by atoms with Crippen molar-refractivity contribution >= 4 is 5.82 Å². The molecule has 0 amide bonds. The van der Waals surface area contributed by atoms with Gasteiger partial charge in [-0.15, -0.1) is 0 Å². The maximum absolute atomic E-state index is 14.0. The highest BCUT2D eigenvalue weighted by molar-refractivity contribution is 5.58. The van der Waals surface area contributed by atoms with Gasteiger partial charge >= 0.3 is 6.18 Å². The normalized spacial score (nSPS) is 11.4. The topological polar surface area (TPSA) is 86.0 Å². The minimum absolute atomic E-state index is 0.232. The highest BCUT2D eigenvalue weighted by Crippen LogP contribution is 2.34. The molecule has 0 aliphatic rings. The van der Waals surface area contributed by atoms with Crippen LogP contribution in [-0.4, -0.2) is 26.7 Å². The molecule has 25 heavy (non-hydrogen) atoms. The number of rotatable bonds is 4. The quantitative estimate of drug-likeness (QED) is 0.491. The van der Waals surface area contributed by atoms with E-state index in [9.17, 15) is 17.6 Å². The van der Waals surface area contributed by atoms with E-state index in [-0.39, 0.29) is 11.3 Å². The van der Waals surface area contributed by atoms with Gasteiger partial charge in [0.05, 0.1) is 18.1 Å². The fraction of sp³-hybridized carbons (Fsp3) is 0.400. The van der Waals surface area contributed by atoms with E-state index >= 15 is 0 Å². The number of nitrogens with zero attached hydrogens (tertiary/aromatic N) is 3. The summed E-state index contributed by atoms with van der Waals surface area (Å²) in [7, 11) is 0. The summed E-state index contributed by atoms with van der Waals surface area (Å²) in [6.45, 7) is 5.57. The first-order chi connectivity index (χ1) is 11.6. The van der Waals surface area contributed by atoms with E-state index in [4.69, 9.17) is 5.84 Å². The highest BCUT2D eigenvalue weighted by Gasteiger charge is 2.50. The molecule has 2 aromatic rings. The van der Waals surface area contributed by atoms with Crippen LogP contribution >= 0.6 is 0 Å². The number of hydrogen-bond acceptors (Lipinski definition) is 6. The van der Waals surface area contributed by atoms with Crippen LogP contribution in [0, 0.1) is 5.82 Å². The lowest BCUT2D eigenvalue weighted by Crippen LogP contribution is -2.45. The van der Waals surface area contributed by atoms with Gasteiger partial charge < -0.3 is 10.2 Å². The number of alkyl halides is 3. The molecular formula is C15H19F4N5O. The van der Waals surface area contributed by atoms with Crippen molar-refractivity contribution in [1.29, 1.82) is 0 Å². The molecule has 3 N–H and O–H groups in total. The summed E-state index contributed by atoms with van der Waals surface area (Å²) in [5.41, 5.74) is 0.211. The van der Waals surface area contributed by atoms with Gasteiger partial charge in [-0.3, -0.25) is 4.98 Å². The molecule has 0 unspecified atom stereocenters. The lowest BCUT2D eigenvalue weighted by atomic mass is 10.1. The zero-order chi connectivity index (χ0) is 19.3. The molecule has 0 aliphatic carbocycles. The van der Waals surface area contributed by atoms with Gasteiger partial charge in [0.15, 0.2) is 17.2 Å². The standard InChI is InChI=1S/C13H13F4N5O.C2H6/c1-12(2,13(15,16)17)23-11-8(14)3-7(4-21-11)9-5-20-10(22-18)6-19-9;1-2/h3-6H,18H2,1-2H3,(H,20,22);1-2H3. The maximum atomic E-state index is 14.0. The number of hydrazine groups is 1. The molecular weight excluding hydrogens is 342 g/mol. The third-order valence-corrected chi connectivity index (χ3v) is 2.94. The molecule has 0 saturated carbocycles. The average Bonchev–Trinajstić information content (AvgIpc) is 2.57. The largest absolute Gasteiger partial charge is 0.460 e. The lowest BCUT2D eigenvalue weighted by Gasteiger charge is -2.28. The number of nitrogen functional groups attached to an aromatic ring is 1. The zero-order valence-electron chi connectivity index (χ0n) is 14.1. The number of nitrogens with two attached hydrogens (primary N) is 1. The fourth-order valence-electron chi connectivity index (χ4n) is 1.49. The van der Waals surface area contributed by atoms with Crippen LogP contribution in [0.25, 0.3) is 11.3 Å². The third kappa shape index (κ3) is 4.99. The van der Waals surface area contributed by atoms with Crippen LogP contribution in [0.4, 0.5) is 23.4 Å². The van der Waals surface area contributed by atoms with Crippen LogP contribution < -0.4 is 16.0 Å². The number of nitrogens with one attached hydrogen (secondary N) is 1. The molecule has 0 fully saturated rings. The predicted molar refractivity (Wildman–Crippen MR) is 85.1 cm³/mol. The van der Waals surface area contributed by atoms with Crippen LogP contribution in [0.3, 0.4) is 0 Å². The molecule has 0 aromatic carbocycles. The van der Waals surface area contributed by atoms with Gasteiger partial charge in [-0.1, -0.05) is 13.8 Å². The summed E-state index contributed by atoms with van der Waals surface area (Å²) in [5.74, 6) is 3.66. The molecule has 0 spiro atoms. The summed E-state index contributed by atoms with van der Waals surface area (Å²) in [6, 6.07) is 0.967. The van der Waals surface area contributed by atoms with Crippen molar-refractivity contribution in [1.82, 2.24) is 15.0 Å². The molecule has 0 saturated heterocycles. The molecule has 0 radical (unpaired) electrons. The number of hydrogen-bond donors (Lipinski definition) is 2. The smallest absolute Gasteiger partial charge is 0.427 e. The Balaban J connectivity index is 0.00000151. The minimum Gasteiger partial charge on any atom is -0.460 e. The lowest BCUT2D eigenvalue weighted by molar-refractivity contribution is -0.235. The van der Waals surface area contributed by atoms with Crippen LogP contribution in [0.15, 0.2) is 24.7 Å². The van der Waals surface area contributed by atoms with Crippen LogP contribution in [0.5, 0.6) is 5.88 Å². The summed E-state index contributed by atoms with van der Waals surface area (Å²) in [4.78, 5) is 11.5. The Hall–Kier alpha value is -2.49. The van der Waals surface area contributed by atoms with Crippen LogP contribution in [-0.2, 0) is 0 Å². The molecule has 2 aromatic heterocycles. The van der Waals surface area contributed by atoms with Crippen molar-refractivity contribution in [2.45, 2.75) is 39.5 Å². The Bertz CT molecular complexity index is 689. The van der Waals surface area contributed by atoms with Gasteiger partial charge in [-0.05, 0) is 19.9 Å². The van der Waals surface area contributed by atoms with Crippen molar-refractivity contribution in [3.05, 3.63) is 30.5 Å². The Labute approximate surface area is 142 Å². The molecule has 138 valence electrons. The van der Waals surface area contributed by atoms with Crippen LogP contribution in [0.2, 0.25) is 0 Å². The zero-order valence-corrected chi connectivity index (χ0v) is 14.1. The van der Waals surface area contributed by atoms with Crippen molar-refractivity contribution in [3.8, 4) is 17.1 Å². The Morgan fingerprint density at radius 3 is 2.12 bits per heavy atom. The summed E-state index contributed by atoms with van der Waals surface area (Å²) in [5, 5.41) is 0. The molecule has 6 nitrogen and oxygen atoms in total. The number of anilines is 1. The van der Waals surface area contributed by atoms with Crippen LogP contribution in [0.1, 0.15) is 27.7 Å². The van der Waals surface area contributed by atoms with E-state index in [1.165, 1.54) is 12.4 Å². The minimum atomic E-state index is -4.67. The average molecular weight is 361 g/mol. The maximum Gasteiger partial charge on any atom is 0.427 e. The van der Waals surface area contributed by atoms with Gasteiger partial charge in [0.25, 0.3) is 5.88 Å². The third-order valence-electron chi connectivity index (χ3n) is 2.94. The van der Waals surface area contributed by atoms with Gasteiger partial charge in [-0.2, -0.15) is 13.2 Å². The fourth-order valence-corrected chi connectivity index (χ4v) is 1.49. The van der Waals surface area contributed by atoms with E-state index in [2.05, 4.69) is 25.1 Å². The number of ether oxygens (including phenoxy) is 1. The Kier molecular flexibility index (Phi) is 6.63. The molecule has 0 bridgehead atoms. The van der Waals surface area contributed by atoms with E-state index < -0.39 is 23.5 Å². The van der Waals surface area contributed by atoms with Gasteiger partial charge in [0.1, 0.15) is 0 Å². The highest BCUT2D eigenvalue weighted by atomic mass is 19.4.